The molecular weight excluding hydrogens is 362 g/mol. The van der Waals surface area contributed by atoms with Crippen LogP contribution in [0.15, 0.2) is 42.5 Å². The van der Waals surface area contributed by atoms with Gasteiger partial charge in [-0.3, -0.25) is 4.79 Å². The topological polar surface area (TPSA) is 91.6 Å². The molecule has 0 aliphatic rings. The number of hydrogen-bond donors (Lipinski definition) is 0. The van der Waals surface area contributed by atoms with Gasteiger partial charge in [-0.25, -0.2) is 0 Å². The van der Waals surface area contributed by atoms with E-state index in [0.717, 1.165) is 5.56 Å². The smallest absolute Gasteiger partial charge is 0.250 e. The first-order valence-corrected chi connectivity index (χ1v) is 8.46. The van der Waals surface area contributed by atoms with Crippen LogP contribution in [0.25, 0.3) is 11.4 Å². The minimum Gasteiger partial charge on any atom is -0.497 e. The van der Waals surface area contributed by atoms with Gasteiger partial charge in [0.1, 0.15) is 12.3 Å². The van der Waals surface area contributed by atoms with E-state index < -0.39 is 0 Å². The monoisotopic (exact) mass is 383 g/mol. The molecule has 0 aliphatic carbocycles. The van der Waals surface area contributed by atoms with Crippen LogP contribution in [-0.4, -0.2) is 54.5 Å². The van der Waals surface area contributed by atoms with Crippen LogP contribution >= 0.6 is 0 Å². The molecule has 3 rings (SSSR count). The second-order valence-electron chi connectivity index (χ2n) is 5.87. The van der Waals surface area contributed by atoms with E-state index in [0.29, 0.717) is 28.8 Å². The van der Waals surface area contributed by atoms with E-state index in [1.165, 1.54) is 9.70 Å². The van der Waals surface area contributed by atoms with Crippen molar-refractivity contribution in [2.45, 2.75) is 6.54 Å². The minimum atomic E-state index is -0.207. The van der Waals surface area contributed by atoms with E-state index in [2.05, 4.69) is 15.4 Å². The number of carbonyl (C=O) groups excluding carboxylic acids is 1. The maximum atomic E-state index is 12.6. The summed E-state index contributed by atoms with van der Waals surface area (Å²) in [6.45, 7) is -0.0538. The second-order valence-corrected chi connectivity index (χ2v) is 5.87. The molecule has 28 heavy (non-hydrogen) atoms. The van der Waals surface area contributed by atoms with Crippen LogP contribution in [-0.2, 0) is 11.3 Å². The molecule has 0 saturated heterocycles. The number of amides is 1. The van der Waals surface area contributed by atoms with E-state index in [1.807, 2.05) is 18.2 Å². The molecule has 1 amide bonds. The van der Waals surface area contributed by atoms with Crippen molar-refractivity contribution in [2.24, 2.45) is 0 Å². The van der Waals surface area contributed by atoms with Crippen LogP contribution in [0, 0.1) is 0 Å². The Bertz CT molecular complexity index is 972. The summed E-state index contributed by atoms with van der Waals surface area (Å²) in [5.41, 5.74) is 1.42. The first-order valence-electron chi connectivity index (χ1n) is 8.46. The maximum Gasteiger partial charge on any atom is 0.250 e. The lowest BCUT2D eigenvalue weighted by atomic mass is 10.2. The quantitative estimate of drug-likeness (QED) is 0.616. The molecule has 0 fully saturated rings. The van der Waals surface area contributed by atoms with E-state index in [-0.39, 0.29) is 12.5 Å². The highest BCUT2D eigenvalue weighted by atomic mass is 16.5. The fraction of sp³-hybridized carbons (Fsp3) is 0.263. The van der Waals surface area contributed by atoms with Crippen molar-refractivity contribution >= 4 is 11.6 Å². The lowest BCUT2D eigenvalue weighted by Gasteiger charge is -2.18. The third-order valence-corrected chi connectivity index (χ3v) is 4.19. The van der Waals surface area contributed by atoms with E-state index in [1.54, 1.807) is 52.6 Å². The molecule has 9 nitrogen and oxygen atoms in total. The van der Waals surface area contributed by atoms with Gasteiger partial charge >= 0.3 is 0 Å². The summed E-state index contributed by atoms with van der Waals surface area (Å²) in [6, 6.07) is 12.6. The van der Waals surface area contributed by atoms with Crippen molar-refractivity contribution in [3.8, 4) is 28.6 Å². The van der Waals surface area contributed by atoms with Crippen molar-refractivity contribution in [2.75, 3.05) is 33.3 Å². The molecule has 3 aromatic rings. The first-order chi connectivity index (χ1) is 13.5. The van der Waals surface area contributed by atoms with Gasteiger partial charge in [-0.2, -0.15) is 4.80 Å². The molecule has 0 saturated carbocycles. The van der Waals surface area contributed by atoms with Gasteiger partial charge in [0.2, 0.25) is 11.7 Å². The molecule has 0 N–H and O–H groups in total. The maximum absolute atomic E-state index is 12.6. The number of nitrogens with zero attached hydrogens (tertiary/aromatic N) is 5. The largest absolute Gasteiger partial charge is 0.497 e. The Morgan fingerprint density at radius 2 is 1.82 bits per heavy atom. The van der Waals surface area contributed by atoms with E-state index in [4.69, 9.17) is 14.2 Å². The zero-order valence-electron chi connectivity index (χ0n) is 16.1. The number of hydrogen-bond acceptors (Lipinski definition) is 7. The first kappa shape index (κ1) is 19.2. The van der Waals surface area contributed by atoms with Crippen LogP contribution in [0.3, 0.4) is 0 Å². The number of tetrazole rings is 1. The van der Waals surface area contributed by atoms with E-state index in [9.17, 15) is 4.79 Å². The van der Waals surface area contributed by atoms with Crippen LogP contribution in [0.5, 0.6) is 17.2 Å². The van der Waals surface area contributed by atoms with Gasteiger partial charge < -0.3 is 19.1 Å². The van der Waals surface area contributed by atoms with Gasteiger partial charge in [-0.15, -0.1) is 10.2 Å². The number of anilines is 1. The molecule has 0 bridgehead atoms. The van der Waals surface area contributed by atoms with Gasteiger partial charge in [0.25, 0.3) is 0 Å². The Hall–Kier alpha value is -3.62. The highest BCUT2D eigenvalue weighted by Gasteiger charge is 2.16. The number of likely N-dealkylation sites (N-methyl/N-ethyl adjacent to an activating group) is 1. The predicted molar refractivity (Wildman–Crippen MR) is 103 cm³/mol. The van der Waals surface area contributed by atoms with Gasteiger partial charge in [0.05, 0.1) is 21.3 Å². The summed E-state index contributed by atoms with van der Waals surface area (Å²) in [5.74, 6) is 2.03. The summed E-state index contributed by atoms with van der Waals surface area (Å²) in [7, 11) is 6.36. The Labute approximate surface area is 162 Å². The SMILES string of the molecule is COc1cccc(-c2nnn(CC(=O)N(C)c3ccc(OC)c(OC)c3)n2)c1. The van der Waals surface area contributed by atoms with Crippen molar-refractivity contribution in [1.29, 1.82) is 0 Å². The van der Waals surface area contributed by atoms with Crippen LogP contribution < -0.4 is 19.1 Å². The third kappa shape index (κ3) is 4.03. The highest BCUT2D eigenvalue weighted by Crippen LogP contribution is 2.31. The normalized spacial score (nSPS) is 10.4. The van der Waals surface area contributed by atoms with Crippen molar-refractivity contribution in [3.05, 3.63) is 42.5 Å². The molecule has 146 valence electrons. The summed E-state index contributed by atoms with van der Waals surface area (Å²) in [6.07, 6.45) is 0. The second kappa shape index (κ2) is 8.38. The summed E-state index contributed by atoms with van der Waals surface area (Å²) >= 11 is 0. The average Bonchev–Trinajstić information content (AvgIpc) is 3.21. The number of rotatable bonds is 7. The van der Waals surface area contributed by atoms with Crippen molar-refractivity contribution in [1.82, 2.24) is 20.2 Å². The Morgan fingerprint density at radius 1 is 1.04 bits per heavy atom. The summed E-state index contributed by atoms with van der Waals surface area (Å²) < 4.78 is 15.7. The Balaban J connectivity index is 1.73. The Kier molecular flexibility index (Phi) is 5.73. The summed E-state index contributed by atoms with van der Waals surface area (Å²) in [4.78, 5) is 15.4. The molecule has 0 spiro atoms. The molecule has 9 heteroatoms. The fourth-order valence-corrected chi connectivity index (χ4v) is 2.59. The predicted octanol–water partition coefficient (Wildman–Crippen LogP) is 2.03. The highest BCUT2D eigenvalue weighted by molar-refractivity contribution is 5.92. The molecule has 0 aliphatic heterocycles. The standard InChI is InChI=1S/C19H21N5O4/c1-23(14-8-9-16(27-3)17(11-14)28-4)18(25)12-24-21-19(20-22-24)13-6-5-7-15(10-13)26-2/h5-11H,12H2,1-4H3. The molecule has 2 aromatic carbocycles. The molecular formula is C19H21N5O4. The molecule has 0 unspecified atom stereocenters. The van der Waals surface area contributed by atoms with Crippen LogP contribution in [0.2, 0.25) is 0 Å². The van der Waals surface area contributed by atoms with Crippen LogP contribution in [0.1, 0.15) is 0 Å². The van der Waals surface area contributed by atoms with Crippen molar-refractivity contribution in [3.63, 3.8) is 0 Å². The number of ether oxygens (including phenoxy) is 3. The number of aromatic nitrogens is 4. The minimum absolute atomic E-state index is 0.0538. The Morgan fingerprint density at radius 3 is 2.54 bits per heavy atom. The van der Waals surface area contributed by atoms with Crippen LogP contribution in [0.4, 0.5) is 5.69 Å². The zero-order valence-corrected chi connectivity index (χ0v) is 16.1. The molecule has 0 atom stereocenters. The molecule has 1 aromatic heterocycles. The van der Waals surface area contributed by atoms with Gasteiger partial charge in [-0.1, -0.05) is 12.1 Å². The van der Waals surface area contributed by atoms with Gasteiger partial charge in [0.15, 0.2) is 11.5 Å². The number of methoxy groups -OCH3 is 3. The average molecular weight is 383 g/mol. The number of benzene rings is 2. The molecule has 1 heterocycles. The third-order valence-electron chi connectivity index (χ3n) is 4.19. The van der Waals surface area contributed by atoms with Gasteiger partial charge in [0, 0.05) is 24.4 Å². The zero-order chi connectivity index (χ0) is 20.1. The van der Waals surface area contributed by atoms with Crippen molar-refractivity contribution < 1.29 is 19.0 Å². The lowest BCUT2D eigenvalue weighted by molar-refractivity contribution is -0.119. The fourth-order valence-electron chi connectivity index (χ4n) is 2.59. The number of carbonyl (C=O) groups is 1. The molecule has 0 radical (unpaired) electrons. The van der Waals surface area contributed by atoms with Gasteiger partial charge in [-0.05, 0) is 29.5 Å². The van der Waals surface area contributed by atoms with E-state index >= 15 is 0 Å². The lowest BCUT2D eigenvalue weighted by Crippen LogP contribution is -2.30. The summed E-state index contributed by atoms with van der Waals surface area (Å²) in [5, 5.41) is 12.3.